The summed E-state index contributed by atoms with van der Waals surface area (Å²) in [6, 6.07) is 8.61. The molecule has 2 heteroatoms. The monoisotopic (exact) mass is 316 g/mol. The lowest BCUT2D eigenvalue weighted by Crippen LogP contribution is -2.26. The number of unbranched alkanes of at least 4 members (excludes halogenated alkanes) is 4. The minimum absolute atomic E-state index is 0.0226. The molecule has 1 fully saturated rings. The van der Waals surface area contributed by atoms with E-state index in [1.54, 1.807) is 0 Å². The van der Waals surface area contributed by atoms with Gasteiger partial charge < -0.3 is 4.74 Å². The first-order valence-corrected chi connectivity index (χ1v) is 9.54. The number of carbonyl (C=O) groups excluding carboxylic acids is 1. The van der Waals surface area contributed by atoms with Crippen LogP contribution in [-0.4, -0.2) is 5.97 Å². The second-order valence-corrected chi connectivity index (χ2v) is 6.89. The van der Waals surface area contributed by atoms with Crippen LogP contribution in [0.2, 0.25) is 0 Å². The van der Waals surface area contributed by atoms with Gasteiger partial charge in [0.05, 0.1) is 5.92 Å². The van der Waals surface area contributed by atoms with Crippen molar-refractivity contribution >= 4 is 5.97 Å². The maximum absolute atomic E-state index is 12.2. The molecule has 1 aromatic carbocycles. The van der Waals surface area contributed by atoms with Crippen LogP contribution in [0, 0.1) is 5.92 Å². The molecule has 1 saturated heterocycles. The van der Waals surface area contributed by atoms with E-state index in [9.17, 15) is 4.79 Å². The van der Waals surface area contributed by atoms with Crippen molar-refractivity contribution < 1.29 is 9.53 Å². The number of cyclic esters (lactones) is 1. The lowest BCUT2D eigenvalue weighted by Gasteiger charge is -2.28. The fraction of sp³-hybridized carbons (Fsp3) is 0.667. The Morgan fingerprint density at radius 3 is 2.35 bits per heavy atom. The maximum Gasteiger partial charge on any atom is 0.309 e. The highest BCUT2D eigenvalue weighted by Gasteiger charge is 2.30. The maximum atomic E-state index is 12.2. The fourth-order valence-electron chi connectivity index (χ4n) is 3.44. The molecule has 1 aromatic rings. The summed E-state index contributed by atoms with van der Waals surface area (Å²) in [6.45, 7) is 4.42. The van der Waals surface area contributed by atoms with Crippen LogP contribution >= 0.6 is 0 Å². The minimum Gasteiger partial charge on any atom is -0.457 e. The molecule has 1 heterocycles. The van der Waals surface area contributed by atoms with E-state index in [0.717, 1.165) is 44.1 Å². The molecule has 2 rings (SSSR count). The van der Waals surface area contributed by atoms with E-state index < -0.39 is 0 Å². The van der Waals surface area contributed by atoms with Crippen molar-refractivity contribution in [3.63, 3.8) is 0 Å². The Hall–Kier alpha value is -1.31. The van der Waals surface area contributed by atoms with Crippen LogP contribution in [0.4, 0.5) is 0 Å². The zero-order valence-corrected chi connectivity index (χ0v) is 14.9. The molecule has 0 aliphatic carbocycles. The van der Waals surface area contributed by atoms with Crippen molar-refractivity contribution in [3.05, 3.63) is 35.4 Å². The van der Waals surface area contributed by atoms with E-state index in [1.807, 2.05) is 0 Å². The van der Waals surface area contributed by atoms with Gasteiger partial charge in [0.25, 0.3) is 0 Å². The van der Waals surface area contributed by atoms with Gasteiger partial charge in [-0.15, -0.1) is 0 Å². The van der Waals surface area contributed by atoms with Gasteiger partial charge in [-0.2, -0.15) is 0 Å². The first-order valence-electron chi connectivity index (χ1n) is 9.54. The molecule has 0 N–H and O–H groups in total. The molecule has 0 amide bonds. The van der Waals surface area contributed by atoms with E-state index in [2.05, 4.69) is 38.1 Å². The first kappa shape index (κ1) is 18.0. The molecule has 2 atom stereocenters. The van der Waals surface area contributed by atoms with Crippen molar-refractivity contribution in [2.24, 2.45) is 5.92 Å². The SMILES string of the molecule is CCCCCCCC1CCC(c2ccc(CCC)cc2)OC1=O. The molecule has 0 aromatic heterocycles. The fourth-order valence-corrected chi connectivity index (χ4v) is 3.44. The largest absolute Gasteiger partial charge is 0.457 e. The number of benzene rings is 1. The number of hydrogen-bond acceptors (Lipinski definition) is 2. The Morgan fingerprint density at radius 1 is 0.957 bits per heavy atom. The van der Waals surface area contributed by atoms with Crippen molar-refractivity contribution in [3.8, 4) is 0 Å². The smallest absolute Gasteiger partial charge is 0.309 e. The van der Waals surface area contributed by atoms with Gasteiger partial charge in [0.1, 0.15) is 6.10 Å². The van der Waals surface area contributed by atoms with Crippen molar-refractivity contribution in [2.75, 3.05) is 0 Å². The molecule has 0 saturated carbocycles. The van der Waals surface area contributed by atoms with Crippen LogP contribution < -0.4 is 0 Å². The summed E-state index contributed by atoms with van der Waals surface area (Å²) in [5.41, 5.74) is 2.52. The third-order valence-corrected chi connectivity index (χ3v) is 4.92. The highest BCUT2D eigenvalue weighted by atomic mass is 16.5. The van der Waals surface area contributed by atoms with Gasteiger partial charge in [-0.1, -0.05) is 76.6 Å². The van der Waals surface area contributed by atoms with Gasteiger partial charge in [0, 0.05) is 0 Å². The molecule has 128 valence electrons. The average molecular weight is 316 g/mol. The number of aryl methyl sites for hydroxylation is 1. The van der Waals surface area contributed by atoms with Crippen molar-refractivity contribution in [2.45, 2.75) is 84.2 Å². The molecular weight excluding hydrogens is 284 g/mol. The summed E-state index contributed by atoms with van der Waals surface area (Å²) in [5.74, 6) is 0.154. The first-order chi connectivity index (χ1) is 11.2. The van der Waals surface area contributed by atoms with Crippen LogP contribution in [0.15, 0.2) is 24.3 Å². The Bertz CT molecular complexity index is 463. The molecule has 0 radical (unpaired) electrons. The predicted molar refractivity (Wildman–Crippen MR) is 95.4 cm³/mol. The summed E-state index contributed by atoms with van der Waals surface area (Å²) < 4.78 is 5.72. The topological polar surface area (TPSA) is 26.3 Å². The third-order valence-electron chi connectivity index (χ3n) is 4.92. The van der Waals surface area contributed by atoms with Crippen LogP contribution in [0.5, 0.6) is 0 Å². The minimum atomic E-state index is -0.0329. The van der Waals surface area contributed by atoms with Crippen molar-refractivity contribution in [1.82, 2.24) is 0 Å². The highest BCUT2D eigenvalue weighted by molar-refractivity contribution is 5.73. The predicted octanol–water partition coefficient (Wildman–Crippen LogP) is 5.99. The molecule has 0 bridgehead atoms. The lowest BCUT2D eigenvalue weighted by atomic mass is 9.90. The van der Waals surface area contributed by atoms with E-state index in [0.29, 0.717) is 0 Å². The van der Waals surface area contributed by atoms with Gasteiger partial charge in [-0.05, 0) is 36.8 Å². The van der Waals surface area contributed by atoms with E-state index >= 15 is 0 Å². The number of hydrogen-bond donors (Lipinski definition) is 0. The van der Waals surface area contributed by atoms with E-state index in [-0.39, 0.29) is 18.0 Å². The summed E-state index contributed by atoms with van der Waals surface area (Å²) in [7, 11) is 0. The standard InChI is InChI=1S/C21H32O2/c1-3-5-6-7-8-10-19-15-16-20(23-21(19)22)18-13-11-17(9-4-2)12-14-18/h11-14,19-20H,3-10,15-16H2,1-2H3. The highest BCUT2D eigenvalue weighted by Crippen LogP contribution is 2.33. The zero-order valence-electron chi connectivity index (χ0n) is 14.9. The number of rotatable bonds is 9. The number of esters is 1. The van der Waals surface area contributed by atoms with Gasteiger partial charge >= 0.3 is 5.97 Å². The Balaban J connectivity index is 1.77. The second-order valence-electron chi connectivity index (χ2n) is 6.89. The van der Waals surface area contributed by atoms with Gasteiger partial charge in [0.15, 0.2) is 0 Å². The van der Waals surface area contributed by atoms with E-state index in [4.69, 9.17) is 4.74 Å². The Labute approximate surface area is 141 Å². The Morgan fingerprint density at radius 2 is 1.70 bits per heavy atom. The third kappa shape index (κ3) is 5.67. The number of ether oxygens (including phenoxy) is 1. The van der Waals surface area contributed by atoms with Crippen LogP contribution in [0.3, 0.4) is 0 Å². The molecule has 23 heavy (non-hydrogen) atoms. The Kier molecular flexibility index (Phi) is 7.64. The summed E-state index contributed by atoms with van der Waals surface area (Å²) in [5, 5.41) is 0. The summed E-state index contributed by atoms with van der Waals surface area (Å²) in [6.07, 6.45) is 11.5. The second kappa shape index (κ2) is 9.75. The quantitative estimate of drug-likeness (QED) is 0.413. The lowest BCUT2D eigenvalue weighted by molar-refractivity contribution is -0.161. The van der Waals surface area contributed by atoms with Gasteiger partial charge in [-0.3, -0.25) is 4.79 Å². The van der Waals surface area contributed by atoms with Crippen LogP contribution in [0.1, 0.15) is 88.9 Å². The van der Waals surface area contributed by atoms with Gasteiger partial charge in [-0.25, -0.2) is 0 Å². The molecule has 1 aliphatic rings. The zero-order chi connectivity index (χ0) is 16.5. The van der Waals surface area contributed by atoms with Crippen LogP contribution in [0.25, 0.3) is 0 Å². The normalized spacial score (nSPS) is 21.2. The van der Waals surface area contributed by atoms with Crippen LogP contribution in [-0.2, 0) is 16.0 Å². The molecular formula is C21H32O2. The average Bonchev–Trinajstić information content (AvgIpc) is 2.57. The van der Waals surface area contributed by atoms with Gasteiger partial charge in [0.2, 0.25) is 0 Å². The molecule has 2 nitrogen and oxygen atoms in total. The summed E-state index contributed by atoms with van der Waals surface area (Å²) >= 11 is 0. The molecule has 2 unspecified atom stereocenters. The molecule has 0 spiro atoms. The summed E-state index contributed by atoms with van der Waals surface area (Å²) in [4.78, 5) is 12.2. The van der Waals surface area contributed by atoms with Crippen molar-refractivity contribution in [1.29, 1.82) is 0 Å². The van der Waals surface area contributed by atoms with E-state index in [1.165, 1.54) is 31.2 Å². The number of carbonyl (C=O) groups is 1. The molecule has 1 aliphatic heterocycles.